The summed E-state index contributed by atoms with van der Waals surface area (Å²) in [5, 5.41) is 10.2. The number of methoxy groups -OCH3 is 1. The molecular weight excluding hydrogens is 286 g/mol. The molecule has 1 aromatic carbocycles. The minimum Gasteiger partial charge on any atom is -0.501 e. The number of nitrogens with zero attached hydrogens (tertiary/aromatic N) is 1. The quantitative estimate of drug-likeness (QED) is 0.922. The molecule has 0 aliphatic carbocycles. The smallest absolute Gasteiger partial charge is 0.250 e. The number of hydrogen-bond acceptors (Lipinski definition) is 5. The Morgan fingerprint density at radius 2 is 2.05 bits per heavy atom. The first-order valence-corrected chi connectivity index (χ1v) is 7.10. The van der Waals surface area contributed by atoms with Crippen LogP contribution in [-0.4, -0.2) is 35.4 Å². The van der Waals surface area contributed by atoms with Gasteiger partial charge in [0.2, 0.25) is 23.2 Å². The topological polar surface area (TPSA) is 76.1 Å². The second kappa shape index (κ2) is 5.05. The van der Waals surface area contributed by atoms with Gasteiger partial charge >= 0.3 is 0 Å². The standard InChI is InChI=1S/C16H17NO5/c1-16(10-6-3-4-7-11(10)21-2)14(20)13(19)15(22-16)17-9-5-8-12(17)18/h3-4,6-7,19H,5,8-9H2,1-2H3. The van der Waals surface area contributed by atoms with Crippen LogP contribution < -0.4 is 4.74 Å². The zero-order valence-corrected chi connectivity index (χ0v) is 12.5. The van der Waals surface area contributed by atoms with Crippen molar-refractivity contribution in [1.82, 2.24) is 4.90 Å². The third-order valence-corrected chi connectivity index (χ3v) is 4.09. The Labute approximate surface area is 127 Å². The van der Waals surface area contributed by atoms with Gasteiger partial charge in [-0.2, -0.15) is 0 Å². The first-order valence-electron chi connectivity index (χ1n) is 7.10. The average molecular weight is 303 g/mol. The third-order valence-electron chi connectivity index (χ3n) is 4.09. The van der Waals surface area contributed by atoms with Crippen molar-refractivity contribution in [2.75, 3.05) is 13.7 Å². The molecule has 2 aliphatic heterocycles. The van der Waals surface area contributed by atoms with Gasteiger partial charge in [-0.1, -0.05) is 18.2 Å². The van der Waals surface area contributed by atoms with Crippen molar-refractivity contribution >= 4 is 11.7 Å². The molecule has 1 saturated heterocycles. The van der Waals surface area contributed by atoms with E-state index < -0.39 is 17.1 Å². The maximum atomic E-state index is 12.5. The van der Waals surface area contributed by atoms with E-state index >= 15 is 0 Å². The van der Waals surface area contributed by atoms with Gasteiger partial charge in [0.1, 0.15) is 5.75 Å². The zero-order chi connectivity index (χ0) is 15.9. The predicted molar refractivity (Wildman–Crippen MR) is 77.0 cm³/mol. The number of Topliss-reactive ketones (excluding diaryl/α,β-unsaturated/α-hetero) is 1. The molecule has 1 amide bonds. The van der Waals surface area contributed by atoms with E-state index in [1.54, 1.807) is 31.2 Å². The lowest BCUT2D eigenvalue weighted by atomic mass is 9.91. The van der Waals surface area contributed by atoms with E-state index in [1.807, 2.05) is 0 Å². The number of benzene rings is 1. The summed E-state index contributed by atoms with van der Waals surface area (Å²) in [5.41, 5.74) is -0.898. The molecule has 0 bridgehead atoms. The van der Waals surface area contributed by atoms with Crippen molar-refractivity contribution in [3.8, 4) is 5.75 Å². The zero-order valence-electron chi connectivity index (χ0n) is 12.5. The SMILES string of the molecule is COc1ccccc1C1(C)OC(N2CCCC2=O)=C(O)C1=O. The summed E-state index contributed by atoms with van der Waals surface area (Å²) in [6.45, 7) is 2.00. The van der Waals surface area contributed by atoms with Crippen LogP contribution in [0.3, 0.4) is 0 Å². The molecule has 1 N–H and O–H groups in total. The van der Waals surface area contributed by atoms with Crippen molar-refractivity contribution in [3.63, 3.8) is 0 Å². The minimum atomic E-state index is -1.41. The summed E-state index contributed by atoms with van der Waals surface area (Å²) in [7, 11) is 1.50. The van der Waals surface area contributed by atoms with Gasteiger partial charge in [-0.25, -0.2) is 0 Å². The monoisotopic (exact) mass is 303 g/mol. The molecule has 6 heteroatoms. The molecule has 22 heavy (non-hydrogen) atoms. The Kier molecular flexibility index (Phi) is 3.31. The average Bonchev–Trinajstić information content (AvgIpc) is 3.05. The molecule has 0 saturated carbocycles. The highest BCUT2D eigenvalue weighted by atomic mass is 16.5. The third kappa shape index (κ3) is 1.94. The van der Waals surface area contributed by atoms with Gasteiger partial charge in [0.15, 0.2) is 0 Å². The number of carbonyl (C=O) groups excluding carboxylic acids is 2. The molecule has 0 spiro atoms. The van der Waals surface area contributed by atoms with Gasteiger partial charge in [-0.3, -0.25) is 14.5 Å². The fraction of sp³-hybridized carbons (Fsp3) is 0.375. The van der Waals surface area contributed by atoms with Crippen LogP contribution >= 0.6 is 0 Å². The van der Waals surface area contributed by atoms with E-state index in [-0.39, 0.29) is 11.8 Å². The van der Waals surface area contributed by atoms with Crippen LogP contribution in [0.25, 0.3) is 0 Å². The minimum absolute atomic E-state index is 0.0547. The molecule has 1 fully saturated rings. The van der Waals surface area contributed by atoms with Crippen LogP contribution in [0, 0.1) is 0 Å². The lowest BCUT2D eigenvalue weighted by Gasteiger charge is -2.27. The van der Waals surface area contributed by atoms with Gasteiger partial charge in [0.05, 0.1) is 7.11 Å². The van der Waals surface area contributed by atoms with Gasteiger partial charge in [-0.15, -0.1) is 0 Å². The number of ether oxygens (including phenoxy) is 2. The summed E-state index contributed by atoms with van der Waals surface area (Å²) in [4.78, 5) is 25.7. The first-order chi connectivity index (χ1) is 10.5. The summed E-state index contributed by atoms with van der Waals surface area (Å²) in [5.74, 6) is -0.810. The summed E-state index contributed by atoms with van der Waals surface area (Å²) < 4.78 is 11.0. The summed E-state index contributed by atoms with van der Waals surface area (Å²) >= 11 is 0. The number of amides is 1. The first kappa shape index (κ1) is 14.4. The molecular formula is C16H17NO5. The second-order valence-electron chi connectivity index (χ2n) is 5.47. The van der Waals surface area contributed by atoms with Crippen LogP contribution in [0.4, 0.5) is 0 Å². The molecule has 3 rings (SSSR count). The highest BCUT2D eigenvalue weighted by molar-refractivity contribution is 6.03. The van der Waals surface area contributed by atoms with E-state index in [1.165, 1.54) is 12.0 Å². The Hall–Kier alpha value is -2.50. The number of hydrogen-bond donors (Lipinski definition) is 1. The molecule has 1 aromatic rings. The molecule has 116 valence electrons. The maximum absolute atomic E-state index is 12.5. The predicted octanol–water partition coefficient (Wildman–Crippen LogP) is 1.86. The van der Waals surface area contributed by atoms with Gasteiger partial charge in [-0.05, 0) is 19.4 Å². The van der Waals surface area contributed by atoms with Crippen molar-refractivity contribution < 1.29 is 24.2 Å². The molecule has 1 atom stereocenters. The number of para-hydroxylation sites is 1. The molecule has 0 radical (unpaired) electrons. The molecule has 6 nitrogen and oxygen atoms in total. The van der Waals surface area contributed by atoms with Crippen LogP contribution in [0.15, 0.2) is 35.9 Å². The molecule has 2 heterocycles. The van der Waals surface area contributed by atoms with Gasteiger partial charge in [0.25, 0.3) is 5.78 Å². The van der Waals surface area contributed by atoms with Crippen molar-refractivity contribution in [2.24, 2.45) is 0 Å². The van der Waals surface area contributed by atoms with Crippen LogP contribution in [0.1, 0.15) is 25.3 Å². The lowest BCUT2D eigenvalue weighted by Crippen LogP contribution is -2.33. The maximum Gasteiger partial charge on any atom is 0.250 e. The van der Waals surface area contributed by atoms with E-state index in [2.05, 4.69) is 0 Å². The van der Waals surface area contributed by atoms with Crippen LogP contribution in [0.5, 0.6) is 5.75 Å². The fourth-order valence-corrected chi connectivity index (χ4v) is 2.87. The number of likely N-dealkylation sites (tertiary alicyclic amines) is 1. The molecule has 0 aromatic heterocycles. The second-order valence-corrected chi connectivity index (χ2v) is 5.47. The normalized spacial score (nSPS) is 24.9. The highest BCUT2D eigenvalue weighted by Crippen LogP contribution is 2.43. The van der Waals surface area contributed by atoms with E-state index in [0.29, 0.717) is 30.7 Å². The van der Waals surface area contributed by atoms with Crippen molar-refractivity contribution in [1.29, 1.82) is 0 Å². The van der Waals surface area contributed by atoms with Crippen LogP contribution in [0.2, 0.25) is 0 Å². The fourth-order valence-electron chi connectivity index (χ4n) is 2.87. The van der Waals surface area contributed by atoms with Crippen molar-refractivity contribution in [2.45, 2.75) is 25.4 Å². The molecule has 1 unspecified atom stereocenters. The molecule has 2 aliphatic rings. The van der Waals surface area contributed by atoms with Gasteiger partial charge in [0, 0.05) is 18.5 Å². The van der Waals surface area contributed by atoms with E-state index in [0.717, 1.165) is 0 Å². The number of ketones is 1. The Morgan fingerprint density at radius 1 is 1.32 bits per heavy atom. The Bertz CT molecular complexity index is 681. The Morgan fingerprint density at radius 3 is 2.68 bits per heavy atom. The number of aliphatic hydroxyl groups is 1. The largest absolute Gasteiger partial charge is 0.501 e. The summed E-state index contributed by atoms with van der Waals surface area (Å²) in [6.07, 6.45) is 1.07. The highest BCUT2D eigenvalue weighted by Gasteiger charge is 2.51. The Balaban J connectivity index is 2.01. The van der Waals surface area contributed by atoms with E-state index in [9.17, 15) is 14.7 Å². The lowest BCUT2D eigenvalue weighted by molar-refractivity contribution is -0.136. The number of aliphatic hydroxyl groups excluding tert-OH is 1. The van der Waals surface area contributed by atoms with Crippen LogP contribution in [-0.2, 0) is 19.9 Å². The summed E-state index contributed by atoms with van der Waals surface area (Å²) in [6, 6.07) is 6.96. The number of carbonyl (C=O) groups is 2. The van der Waals surface area contributed by atoms with E-state index in [4.69, 9.17) is 9.47 Å². The van der Waals surface area contributed by atoms with Crippen molar-refractivity contribution in [3.05, 3.63) is 41.5 Å². The number of rotatable bonds is 3. The van der Waals surface area contributed by atoms with Gasteiger partial charge < -0.3 is 14.6 Å².